The average molecular weight is 288 g/mol. The number of aliphatic hydroxyl groups is 1. The van der Waals surface area contributed by atoms with Crippen LogP contribution in [0.5, 0.6) is 0 Å². The molecule has 0 fully saturated rings. The number of ether oxygens (including phenoxy) is 1. The van der Waals surface area contributed by atoms with Crippen LogP contribution in [0.25, 0.3) is 0 Å². The van der Waals surface area contributed by atoms with E-state index in [0.717, 1.165) is 0 Å². The minimum atomic E-state index is -0.723. The highest BCUT2D eigenvalue weighted by Gasteiger charge is 2.16. The number of aliphatic hydroxyl groups excluding tert-OH is 1. The molecule has 0 radical (unpaired) electrons. The van der Waals surface area contributed by atoms with Crippen LogP contribution in [0, 0.1) is 0 Å². The number of likely N-dealkylation sites (N-methyl/N-ethyl adjacent to an activating group) is 1. The highest BCUT2D eigenvalue weighted by molar-refractivity contribution is 6.33. The molecule has 2 N–H and O–H groups in total. The number of carbonyl (C=O) groups is 1. The molecule has 0 saturated heterocycles. The molecule has 106 valence electrons. The van der Waals surface area contributed by atoms with Gasteiger partial charge in [0.15, 0.2) is 0 Å². The van der Waals surface area contributed by atoms with Gasteiger partial charge in [-0.15, -0.1) is 0 Å². The molecule has 0 spiro atoms. The summed E-state index contributed by atoms with van der Waals surface area (Å²) in [5.41, 5.74) is 0.371. The van der Waals surface area contributed by atoms with E-state index in [1.807, 2.05) is 0 Å². The van der Waals surface area contributed by atoms with Crippen molar-refractivity contribution in [3.05, 3.63) is 22.8 Å². The summed E-state index contributed by atoms with van der Waals surface area (Å²) in [4.78, 5) is 17.5. The van der Waals surface area contributed by atoms with Crippen LogP contribution in [0.1, 0.15) is 10.4 Å². The molecule has 0 aliphatic heterocycles. The van der Waals surface area contributed by atoms with Crippen molar-refractivity contribution in [2.45, 2.75) is 6.10 Å². The van der Waals surface area contributed by atoms with Gasteiger partial charge in [-0.2, -0.15) is 0 Å². The van der Waals surface area contributed by atoms with Crippen LogP contribution in [-0.4, -0.2) is 61.4 Å². The number of nitrogens with zero attached hydrogens (tertiary/aromatic N) is 2. The number of rotatable bonds is 6. The van der Waals surface area contributed by atoms with Gasteiger partial charge in [0, 0.05) is 33.9 Å². The van der Waals surface area contributed by atoms with Crippen molar-refractivity contribution >= 4 is 23.3 Å². The lowest BCUT2D eigenvalue weighted by Crippen LogP contribution is -2.36. The van der Waals surface area contributed by atoms with E-state index in [0.29, 0.717) is 16.4 Å². The van der Waals surface area contributed by atoms with E-state index in [-0.39, 0.29) is 19.1 Å². The van der Waals surface area contributed by atoms with Gasteiger partial charge in [0.2, 0.25) is 0 Å². The van der Waals surface area contributed by atoms with Crippen LogP contribution in [0.2, 0.25) is 5.02 Å². The molecular weight excluding hydrogens is 270 g/mol. The number of methoxy groups -OCH3 is 1. The first-order valence-electron chi connectivity index (χ1n) is 5.75. The van der Waals surface area contributed by atoms with Gasteiger partial charge in [0.25, 0.3) is 5.91 Å². The van der Waals surface area contributed by atoms with Crippen LogP contribution < -0.4 is 5.32 Å². The number of carbonyl (C=O) groups excluding carboxylic acids is 1. The summed E-state index contributed by atoms with van der Waals surface area (Å²) in [6.45, 7) is 0.355. The summed E-state index contributed by atoms with van der Waals surface area (Å²) in [7, 11) is 4.79. The number of aromatic nitrogens is 1. The molecule has 0 aliphatic carbocycles. The number of amides is 1. The molecule has 0 saturated carbocycles. The Kier molecular flexibility index (Phi) is 6.01. The maximum absolute atomic E-state index is 12.1. The first-order chi connectivity index (χ1) is 8.99. The van der Waals surface area contributed by atoms with E-state index in [1.54, 1.807) is 20.2 Å². The van der Waals surface area contributed by atoms with Gasteiger partial charge in [0.05, 0.1) is 23.3 Å². The minimum absolute atomic E-state index is 0.176. The summed E-state index contributed by atoms with van der Waals surface area (Å²) in [5, 5.41) is 12.8. The fraction of sp³-hybridized carbons (Fsp3) is 0.500. The van der Waals surface area contributed by atoms with Gasteiger partial charge >= 0.3 is 0 Å². The first-order valence-corrected chi connectivity index (χ1v) is 6.13. The van der Waals surface area contributed by atoms with Gasteiger partial charge in [-0.05, 0) is 6.07 Å². The van der Waals surface area contributed by atoms with Gasteiger partial charge in [0.1, 0.15) is 5.82 Å². The Balaban J connectivity index is 2.74. The second-order valence-corrected chi connectivity index (χ2v) is 4.51. The lowest BCUT2D eigenvalue weighted by atomic mass is 10.2. The third-order valence-corrected chi connectivity index (χ3v) is 2.80. The Labute approximate surface area is 117 Å². The number of hydrogen-bond donors (Lipinski definition) is 2. The fourth-order valence-corrected chi connectivity index (χ4v) is 1.86. The topological polar surface area (TPSA) is 74.7 Å². The van der Waals surface area contributed by atoms with E-state index in [4.69, 9.17) is 16.3 Å². The first kappa shape index (κ1) is 15.7. The molecule has 7 heteroatoms. The fourth-order valence-electron chi connectivity index (χ4n) is 1.60. The normalized spacial score (nSPS) is 12.1. The van der Waals surface area contributed by atoms with Gasteiger partial charge < -0.3 is 20.1 Å². The van der Waals surface area contributed by atoms with Crippen LogP contribution in [0.4, 0.5) is 5.82 Å². The van der Waals surface area contributed by atoms with E-state index >= 15 is 0 Å². The second kappa shape index (κ2) is 7.28. The summed E-state index contributed by atoms with van der Waals surface area (Å²) in [6.07, 6.45) is 0.721. The standard InChI is InChI=1S/C12H18ClN3O3/c1-14-11-10(13)4-8(5-15-11)12(18)16(2)6-9(17)7-19-3/h4-5,9,17H,6-7H2,1-3H3,(H,14,15). The second-order valence-electron chi connectivity index (χ2n) is 4.10. The predicted molar refractivity (Wildman–Crippen MR) is 73.6 cm³/mol. The van der Waals surface area contributed by atoms with Crippen LogP contribution >= 0.6 is 11.6 Å². The summed E-state index contributed by atoms with van der Waals surface area (Å²) >= 11 is 5.97. The van der Waals surface area contributed by atoms with Crippen molar-refractivity contribution in [3.8, 4) is 0 Å². The third kappa shape index (κ3) is 4.34. The molecule has 0 bridgehead atoms. The Bertz CT molecular complexity index is 442. The van der Waals surface area contributed by atoms with Gasteiger partial charge in [-0.3, -0.25) is 4.79 Å². The third-order valence-electron chi connectivity index (χ3n) is 2.52. The molecule has 0 aromatic carbocycles. The summed E-state index contributed by atoms with van der Waals surface area (Å²) in [5.74, 6) is 0.257. The van der Waals surface area contributed by atoms with Gasteiger partial charge in [-0.1, -0.05) is 11.6 Å². The molecule has 1 aromatic heterocycles. The van der Waals surface area contributed by atoms with Crippen molar-refractivity contribution in [2.75, 3.05) is 39.7 Å². The molecule has 1 heterocycles. The number of hydrogen-bond acceptors (Lipinski definition) is 5. The molecular formula is C12H18ClN3O3. The Hall–Kier alpha value is -1.37. The van der Waals surface area contributed by atoms with Crippen LogP contribution in [0.15, 0.2) is 12.3 Å². The van der Waals surface area contributed by atoms with E-state index < -0.39 is 6.10 Å². The van der Waals surface area contributed by atoms with Crippen molar-refractivity contribution in [3.63, 3.8) is 0 Å². The molecule has 0 aliphatic rings. The lowest BCUT2D eigenvalue weighted by molar-refractivity contribution is 0.0380. The highest BCUT2D eigenvalue weighted by Crippen LogP contribution is 2.20. The van der Waals surface area contributed by atoms with E-state index in [2.05, 4.69) is 10.3 Å². The lowest BCUT2D eigenvalue weighted by Gasteiger charge is -2.20. The Morgan fingerprint density at radius 1 is 1.68 bits per heavy atom. The monoisotopic (exact) mass is 287 g/mol. The highest BCUT2D eigenvalue weighted by atomic mass is 35.5. The largest absolute Gasteiger partial charge is 0.389 e. The number of nitrogens with one attached hydrogen (secondary N) is 1. The van der Waals surface area contributed by atoms with Crippen molar-refractivity contribution < 1.29 is 14.6 Å². The van der Waals surface area contributed by atoms with Crippen molar-refractivity contribution in [1.82, 2.24) is 9.88 Å². The number of pyridine rings is 1. The maximum Gasteiger partial charge on any atom is 0.255 e. The molecule has 6 nitrogen and oxygen atoms in total. The van der Waals surface area contributed by atoms with Gasteiger partial charge in [-0.25, -0.2) is 4.98 Å². The molecule has 1 rings (SSSR count). The van der Waals surface area contributed by atoms with Crippen LogP contribution in [-0.2, 0) is 4.74 Å². The zero-order valence-electron chi connectivity index (χ0n) is 11.2. The Morgan fingerprint density at radius 2 is 2.37 bits per heavy atom. The average Bonchev–Trinajstić information content (AvgIpc) is 2.37. The van der Waals surface area contributed by atoms with Crippen LogP contribution in [0.3, 0.4) is 0 Å². The minimum Gasteiger partial charge on any atom is -0.389 e. The molecule has 19 heavy (non-hydrogen) atoms. The molecule has 1 aromatic rings. The SMILES string of the molecule is CNc1ncc(C(=O)N(C)CC(O)COC)cc1Cl. The summed E-state index contributed by atoms with van der Waals surface area (Å²) in [6, 6.07) is 1.54. The van der Waals surface area contributed by atoms with Crippen molar-refractivity contribution in [1.29, 1.82) is 0 Å². The Morgan fingerprint density at radius 3 is 2.89 bits per heavy atom. The smallest absolute Gasteiger partial charge is 0.255 e. The predicted octanol–water partition coefficient (Wildman–Crippen LogP) is 0.856. The summed E-state index contributed by atoms with van der Waals surface area (Å²) < 4.78 is 4.81. The maximum atomic E-state index is 12.1. The van der Waals surface area contributed by atoms with E-state index in [1.165, 1.54) is 18.2 Å². The van der Waals surface area contributed by atoms with E-state index in [9.17, 15) is 9.90 Å². The quantitative estimate of drug-likeness (QED) is 0.812. The molecule has 1 unspecified atom stereocenters. The molecule has 1 atom stereocenters. The number of anilines is 1. The zero-order chi connectivity index (χ0) is 14.4. The van der Waals surface area contributed by atoms with Crippen molar-refractivity contribution in [2.24, 2.45) is 0 Å². The zero-order valence-corrected chi connectivity index (χ0v) is 11.9. The molecule has 1 amide bonds. The number of halogens is 1.